The predicted molar refractivity (Wildman–Crippen MR) is 65.0 cm³/mol. The summed E-state index contributed by atoms with van der Waals surface area (Å²) in [4.78, 5) is 6.61. The molecule has 2 aromatic rings. The molecule has 17 heavy (non-hydrogen) atoms. The highest BCUT2D eigenvalue weighted by Crippen LogP contribution is 2.21. The Labute approximate surface area is 99.5 Å². The van der Waals surface area contributed by atoms with E-state index in [4.69, 9.17) is 5.73 Å². The maximum absolute atomic E-state index is 5.93. The van der Waals surface area contributed by atoms with Crippen molar-refractivity contribution in [1.82, 2.24) is 19.6 Å². The molecular formula is C11H16N6. The Kier molecular flexibility index (Phi) is 2.44. The molecule has 0 saturated carbocycles. The fraction of sp³-hybridized carbons (Fsp3) is 0.545. The maximum atomic E-state index is 5.93. The normalized spacial score (nSPS) is 20.4. The van der Waals surface area contributed by atoms with Crippen molar-refractivity contribution in [2.24, 2.45) is 5.73 Å². The quantitative estimate of drug-likeness (QED) is 0.802. The van der Waals surface area contributed by atoms with Gasteiger partial charge in [-0.3, -0.25) is 4.40 Å². The fourth-order valence-corrected chi connectivity index (χ4v) is 2.30. The van der Waals surface area contributed by atoms with Crippen LogP contribution in [0.4, 0.5) is 5.82 Å². The van der Waals surface area contributed by atoms with Gasteiger partial charge in [-0.25, -0.2) is 4.98 Å². The first-order chi connectivity index (χ1) is 8.29. The highest BCUT2D eigenvalue weighted by Gasteiger charge is 2.23. The number of aryl methyl sites for hydroxylation is 1. The summed E-state index contributed by atoms with van der Waals surface area (Å²) in [7, 11) is 0. The highest BCUT2D eigenvalue weighted by atomic mass is 15.3. The van der Waals surface area contributed by atoms with Gasteiger partial charge >= 0.3 is 0 Å². The van der Waals surface area contributed by atoms with E-state index in [0.29, 0.717) is 0 Å². The predicted octanol–water partition coefficient (Wildman–Crippen LogP) is 0.224. The number of hydrogen-bond acceptors (Lipinski definition) is 5. The SMILES string of the molecule is CCc1nnc2c(N3CC[C@@H](N)C3)nccn12. The minimum absolute atomic E-state index is 0.241. The second-order valence-electron chi connectivity index (χ2n) is 4.41. The summed E-state index contributed by atoms with van der Waals surface area (Å²) < 4.78 is 2.01. The van der Waals surface area contributed by atoms with Crippen molar-refractivity contribution in [2.45, 2.75) is 25.8 Å². The molecule has 3 heterocycles. The highest BCUT2D eigenvalue weighted by molar-refractivity contribution is 5.64. The molecule has 0 aromatic carbocycles. The number of aromatic nitrogens is 4. The smallest absolute Gasteiger partial charge is 0.203 e. The lowest BCUT2D eigenvalue weighted by Crippen LogP contribution is -2.27. The summed E-state index contributed by atoms with van der Waals surface area (Å²) in [5.74, 6) is 1.86. The van der Waals surface area contributed by atoms with Gasteiger partial charge in [0.15, 0.2) is 5.82 Å². The lowest BCUT2D eigenvalue weighted by molar-refractivity contribution is 0.751. The number of nitrogens with zero attached hydrogens (tertiary/aromatic N) is 5. The van der Waals surface area contributed by atoms with E-state index in [1.54, 1.807) is 6.20 Å². The monoisotopic (exact) mass is 232 g/mol. The third-order valence-electron chi connectivity index (χ3n) is 3.22. The first kappa shape index (κ1) is 10.5. The Morgan fingerprint density at radius 2 is 2.35 bits per heavy atom. The van der Waals surface area contributed by atoms with E-state index in [-0.39, 0.29) is 6.04 Å². The summed E-state index contributed by atoms with van der Waals surface area (Å²) in [5.41, 5.74) is 6.76. The third kappa shape index (κ3) is 1.64. The Bertz CT molecular complexity index is 534. The Morgan fingerprint density at radius 3 is 3.06 bits per heavy atom. The molecule has 1 fully saturated rings. The molecule has 6 nitrogen and oxygen atoms in total. The van der Waals surface area contributed by atoms with Gasteiger partial charge in [0.2, 0.25) is 5.65 Å². The summed E-state index contributed by atoms with van der Waals surface area (Å²) in [6.07, 6.45) is 5.59. The van der Waals surface area contributed by atoms with Crippen LogP contribution in [0.5, 0.6) is 0 Å². The van der Waals surface area contributed by atoms with Crippen molar-refractivity contribution >= 4 is 11.5 Å². The largest absolute Gasteiger partial charge is 0.352 e. The second-order valence-corrected chi connectivity index (χ2v) is 4.41. The standard InChI is InChI=1S/C11H16N6/c1-2-9-14-15-11-10(13-4-6-17(9)11)16-5-3-8(12)7-16/h4,6,8H,2-3,5,7,12H2,1H3/t8-/m1/s1. The van der Waals surface area contributed by atoms with Gasteiger partial charge < -0.3 is 10.6 Å². The Hall–Kier alpha value is -1.69. The average Bonchev–Trinajstić information content (AvgIpc) is 2.94. The number of hydrogen-bond donors (Lipinski definition) is 1. The molecule has 1 saturated heterocycles. The summed E-state index contributed by atoms with van der Waals surface area (Å²) >= 11 is 0. The van der Waals surface area contributed by atoms with Gasteiger partial charge in [-0.1, -0.05) is 6.92 Å². The number of nitrogens with two attached hydrogens (primary N) is 1. The molecule has 0 unspecified atom stereocenters. The van der Waals surface area contributed by atoms with Gasteiger partial charge in [0.25, 0.3) is 0 Å². The molecule has 1 atom stereocenters. The number of rotatable bonds is 2. The van der Waals surface area contributed by atoms with Gasteiger partial charge in [-0.05, 0) is 6.42 Å². The topological polar surface area (TPSA) is 72.3 Å². The lowest BCUT2D eigenvalue weighted by atomic mass is 10.3. The van der Waals surface area contributed by atoms with E-state index in [1.165, 1.54) is 0 Å². The van der Waals surface area contributed by atoms with E-state index in [9.17, 15) is 0 Å². The maximum Gasteiger partial charge on any atom is 0.203 e. The van der Waals surface area contributed by atoms with Crippen LogP contribution >= 0.6 is 0 Å². The van der Waals surface area contributed by atoms with Gasteiger partial charge in [-0.2, -0.15) is 0 Å². The van der Waals surface area contributed by atoms with Gasteiger partial charge in [0, 0.05) is 37.9 Å². The average molecular weight is 232 g/mol. The molecule has 6 heteroatoms. The third-order valence-corrected chi connectivity index (χ3v) is 3.22. The van der Waals surface area contributed by atoms with E-state index < -0.39 is 0 Å². The molecule has 90 valence electrons. The molecule has 0 spiro atoms. The summed E-state index contributed by atoms with van der Waals surface area (Å²) in [5, 5.41) is 8.41. The van der Waals surface area contributed by atoms with Crippen molar-refractivity contribution in [1.29, 1.82) is 0 Å². The van der Waals surface area contributed by atoms with Gasteiger partial charge in [0.1, 0.15) is 5.82 Å². The molecule has 0 radical (unpaired) electrons. The zero-order valence-electron chi connectivity index (χ0n) is 9.87. The molecule has 0 bridgehead atoms. The van der Waals surface area contributed by atoms with Crippen LogP contribution in [-0.2, 0) is 6.42 Å². The fourth-order valence-electron chi connectivity index (χ4n) is 2.30. The first-order valence-corrected chi connectivity index (χ1v) is 5.98. The van der Waals surface area contributed by atoms with Crippen molar-refractivity contribution in [3.05, 3.63) is 18.2 Å². The second kappa shape index (κ2) is 3.96. The molecule has 1 aliphatic rings. The summed E-state index contributed by atoms with van der Waals surface area (Å²) in [6.45, 7) is 3.87. The van der Waals surface area contributed by atoms with Crippen LogP contribution in [0, 0.1) is 0 Å². The van der Waals surface area contributed by atoms with Crippen LogP contribution in [-0.4, -0.2) is 38.7 Å². The van der Waals surface area contributed by atoms with E-state index in [2.05, 4.69) is 27.0 Å². The van der Waals surface area contributed by atoms with Gasteiger partial charge in [0.05, 0.1) is 0 Å². The van der Waals surface area contributed by atoms with Crippen molar-refractivity contribution in [3.8, 4) is 0 Å². The molecule has 0 aliphatic carbocycles. The first-order valence-electron chi connectivity index (χ1n) is 5.98. The van der Waals surface area contributed by atoms with Crippen LogP contribution in [0.25, 0.3) is 5.65 Å². The van der Waals surface area contributed by atoms with Gasteiger partial charge in [-0.15, -0.1) is 10.2 Å². The van der Waals surface area contributed by atoms with E-state index >= 15 is 0 Å². The van der Waals surface area contributed by atoms with Crippen molar-refractivity contribution in [3.63, 3.8) is 0 Å². The van der Waals surface area contributed by atoms with Crippen LogP contribution < -0.4 is 10.6 Å². The van der Waals surface area contributed by atoms with E-state index in [1.807, 2.05) is 10.6 Å². The van der Waals surface area contributed by atoms with Crippen LogP contribution in [0.1, 0.15) is 19.2 Å². The Morgan fingerprint density at radius 1 is 1.47 bits per heavy atom. The summed E-state index contributed by atoms with van der Waals surface area (Å²) in [6, 6.07) is 0.241. The number of fused-ring (bicyclic) bond motifs is 1. The van der Waals surface area contributed by atoms with Crippen LogP contribution in [0.2, 0.25) is 0 Å². The lowest BCUT2D eigenvalue weighted by Gasteiger charge is -2.16. The minimum atomic E-state index is 0.241. The number of anilines is 1. The molecule has 3 rings (SSSR count). The Balaban J connectivity index is 2.07. The molecule has 2 N–H and O–H groups in total. The van der Waals surface area contributed by atoms with Crippen LogP contribution in [0.3, 0.4) is 0 Å². The molecule has 0 amide bonds. The van der Waals surface area contributed by atoms with Crippen molar-refractivity contribution in [2.75, 3.05) is 18.0 Å². The molecule has 2 aromatic heterocycles. The van der Waals surface area contributed by atoms with Crippen molar-refractivity contribution < 1.29 is 0 Å². The molecule has 1 aliphatic heterocycles. The van der Waals surface area contributed by atoms with Crippen LogP contribution in [0.15, 0.2) is 12.4 Å². The van der Waals surface area contributed by atoms with E-state index in [0.717, 1.165) is 43.2 Å². The zero-order valence-corrected chi connectivity index (χ0v) is 9.87. The minimum Gasteiger partial charge on any atom is -0.352 e. The zero-order chi connectivity index (χ0) is 11.8. The molecular weight excluding hydrogens is 216 g/mol.